The maximum Gasteiger partial charge on any atom is 0.270 e. The van der Waals surface area contributed by atoms with E-state index in [4.69, 9.17) is 0 Å². The molecule has 1 N–H and O–H groups in total. The first-order chi connectivity index (χ1) is 10.7. The van der Waals surface area contributed by atoms with Crippen LogP contribution in [0, 0.1) is 0 Å². The Bertz CT molecular complexity index is 566. The number of H-pyrrole nitrogens is 1. The monoisotopic (exact) mass is 301 g/mol. The van der Waals surface area contributed by atoms with Gasteiger partial charge < -0.3 is 14.8 Å². The highest BCUT2D eigenvalue weighted by atomic mass is 16.2. The van der Waals surface area contributed by atoms with E-state index in [9.17, 15) is 9.59 Å². The van der Waals surface area contributed by atoms with Crippen molar-refractivity contribution in [3.8, 4) is 0 Å². The number of likely N-dealkylation sites (tertiary alicyclic amines) is 2. The van der Waals surface area contributed by atoms with Crippen molar-refractivity contribution >= 4 is 11.8 Å². The molecule has 0 bridgehead atoms. The van der Waals surface area contributed by atoms with E-state index < -0.39 is 0 Å². The quantitative estimate of drug-likeness (QED) is 0.870. The van der Waals surface area contributed by atoms with Crippen LogP contribution >= 0.6 is 0 Å². The number of amides is 2. The van der Waals surface area contributed by atoms with Gasteiger partial charge in [-0.2, -0.15) is 0 Å². The standard InChI is InChI=1S/C17H23N3O2/c1-2-11-20-15(21)6-8-17(20)7-4-12-19(13-9-17)16(22)14-5-3-10-18-14/h2-3,5,10,18H,1,4,6-9,11-13H2/t17-/m0/s1. The molecule has 2 saturated heterocycles. The first-order valence-electron chi connectivity index (χ1n) is 8.00. The summed E-state index contributed by atoms with van der Waals surface area (Å²) in [5.74, 6) is 0.283. The second-order valence-electron chi connectivity index (χ2n) is 6.25. The van der Waals surface area contributed by atoms with Crippen molar-refractivity contribution in [2.75, 3.05) is 19.6 Å². The Morgan fingerprint density at radius 1 is 1.36 bits per heavy atom. The van der Waals surface area contributed by atoms with Crippen LogP contribution in [0.5, 0.6) is 0 Å². The van der Waals surface area contributed by atoms with Crippen molar-refractivity contribution in [2.24, 2.45) is 0 Å². The van der Waals surface area contributed by atoms with E-state index >= 15 is 0 Å². The lowest BCUT2D eigenvalue weighted by Crippen LogP contribution is -2.46. The average molecular weight is 301 g/mol. The van der Waals surface area contributed by atoms with E-state index in [1.807, 2.05) is 21.9 Å². The summed E-state index contributed by atoms with van der Waals surface area (Å²) in [4.78, 5) is 31.5. The van der Waals surface area contributed by atoms with Gasteiger partial charge in [0, 0.05) is 37.8 Å². The molecule has 118 valence electrons. The predicted molar refractivity (Wildman–Crippen MR) is 84.4 cm³/mol. The van der Waals surface area contributed by atoms with Crippen LogP contribution in [0.4, 0.5) is 0 Å². The largest absolute Gasteiger partial charge is 0.357 e. The lowest BCUT2D eigenvalue weighted by molar-refractivity contribution is -0.130. The van der Waals surface area contributed by atoms with E-state index in [1.54, 1.807) is 12.3 Å². The molecule has 3 rings (SSSR count). The lowest BCUT2D eigenvalue weighted by atomic mass is 9.87. The highest BCUT2D eigenvalue weighted by Gasteiger charge is 2.45. The fraction of sp³-hybridized carbons (Fsp3) is 0.529. The highest BCUT2D eigenvalue weighted by molar-refractivity contribution is 5.92. The molecule has 5 nitrogen and oxygen atoms in total. The summed E-state index contributed by atoms with van der Waals surface area (Å²) >= 11 is 0. The molecule has 0 radical (unpaired) electrons. The van der Waals surface area contributed by atoms with Crippen molar-refractivity contribution in [1.29, 1.82) is 0 Å². The van der Waals surface area contributed by atoms with Gasteiger partial charge in [-0.25, -0.2) is 0 Å². The molecule has 2 aliphatic heterocycles. The van der Waals surface area contributed by atoms with Crippen LogP contribution in [0.1, 0.15) is 42.6 Å². The number of hydrogen-bond acceptors (Lipinski definition) is 2. The minimum absolute atomic E-state index is 0.0571. The maximum absolute atomic E-state index is 12.5. The van der Waals surface area contributed by atoms with Crippen LogP contribution in [0.25, 0.3) is 0 Å². The van der Waals surface area contributed by atoms with Crippen LogP contribution in [0.3, 0.4) is 0 Å². The second kappa shape index (κ2) is 5.99. The van der Waals surface area contributed by atoms with E-state index in [1.165, 1.54) is 0 Å². The summed E-state index contributed by atoms with van der Waals surface area (Å²) in [6.45, 7) is 5.86. The molecule has 1 aromatic rings. The normalized spacial score (nSPS) is 25.5. The number of aromatic nitrogens is 1. The minimum Gasteiger partial charge on any atom is -0.357 e. The third-order valence-electron chi connectivity index (χ3n) is 5.02. The zero-order chi connectivity index (χ0) is 15.6. The summed E-state index contributed by atoms with van der Waals surface area (Å²) < 4.78 is 0. The molecule has 5 heteroatoms. The van der Waals surface area contributed by atoms with Gasteiger partial charge in [0.15, 0.2) is 0 Å². The van der Waals surface area contributed by atoms with Crippen LogP contribution < -0.4 is 0 Å². The molecule has 0 saturated carbocycles. The Hall–Kier alpha value is -2.04. The fourth-order valence-electron chi connectivity index (χ4n) is 3.83. The van der Waals surface area contributed by atoms with Gasteiger partial charge in [0.25, 0.3) is 5.91 Å². The molecule has 1 atom stereocenters. The molecular weight excluding hydrogens is 278 g/mol. The first kappa shape index (κ1) is 14.9. The highest BCUT2D eigenvalue weighted by Crippen LogP contribution is 2.39. The SMILES string of the molecule is C=CCN1C(=O)CC[C@]12CCCN(C(=O)c1ccc[nH]1)CC2. The summed E-state index contributed by atoms with van der Waals surface area (Å²) in [7, 11) is 0. The van der Waals surface area contributed by atoms with Gasteiger partial charge >= 0.3 is 0 Å². The van der Waals surface area contributed by atoms with Gasteiger partial charge in [-0.05, 0) is 37.8 Å². The van der Waals surface area contributed by atoms with Crippen LogP contribution in [0.15, 0.2) is 31.0 Å². The predicted octanol–water partition coefficient (Wildman–Crippen LogP) is 2.19. The van der Waals surface area contributed by atoms with Crippen molar-refractivity contribution < 1.29 is 9.59 Å². The third-order valence-corrected chi connectivity index (χ3v) is 5.02. The summed E-state index contributed by atoms with van der Waals surface area (Å²) in [6.07, 6.45) is 7.88. The topological polar surface area (TPSA) is 56.4 Å². The van der Waals surface area contributed by atoms with E-state index in [-0.39, 0.29) is 17.4 Å². The summed E-state index contributed by atoms with van der Waals surface area (Å²) in [5.41, 5.74) is 0.567. The molecule has 1 spiro atoms. The number of rotatable bonds is 3. The average Bonchev–Trinajstić information content (AvgIpc) is 3.08. The summed E-state index contributed by atoms with van der Waals surface area (Å²) in [6, 6.07) is 3.65. The van der Waals surface area contributed by atoms with E-state index in [0.29, 0.717) is 25.2 Å². The summed E-state index contributed by atoms with van der Waals surface area (Å²) in [5, 5.41) is 0. The van der Waals surface area contributed by atoms with Crippen LogP contribution in [0.2, 0.25) is 0 Å². The maximum atomic E-state index is 12.5. The van der Waals surface area contributed by atoms with E-state index in [2.05, 4.69) is 11.6 Å². The molecule has 2 amide bonds. The van der Waals surface area contributed by atoms with Crippen LogP contribution in [-0.4, -0.2) is 51.8 Å². The zero-order valence-electron chi connectivity index (χ0n) is 12.9. The Labute approximate surface area is 131 Å². The fourth-order valence-corrected chi connectivity index (χ4v) is 3.83. The number of hydrogen-bond donors (Lipinski definition) is 1. The smallest absolute Gasteiger partial charge is 0.270 e. The van der Waals surface area contributed by atoms with Gasteiger partial charge in [0.2, 0.25) is 5.91 Å². The molecule has 2 aliphatic rings. The lowest BCUT2D eigenvalue weighted by Gasteiger charge is -2.37. The van der Waals surface area contributed by atoms with Crippen molar-refractivity contribution in [3.63, 3.8) is 0 Å². The molecule has 2 fully saturated rings. The first-order valence-corrected chi connectivity index (χ1v) is 8.00. The number of aromatic amines is 1. The number of nitrogens with zero attached hydrogens (tertiary/aromatic N) is 2. The van der Waals surface area contributed by atoms with Crippen molar-refractivity contribution in [1.82, 2.24) is 14.8 Å². The molecular formula is C17H23N3O2. The van der Waals surface area contributed by atoms with Crippen LogP contribution in [-0.2, 0) is 4.79 Å². The Kier molecular flexibility index (Phi) is 4.05. The van der Waals surface area contributed by atoms with Gasteiger partial charge in [-0.1, -0.05) is 6.08 Å². The van der Waals surface area contributed by atoms with E-state index in [0.717, 1.165) is 32.2 Å². The molecule has 0 aliphatic carbocycles. The minimum atomic E-state index is -0.0734. The van der Waals surface area contributed by atoms with Crippen molar-refractivity contribution in [2.45, 2.75) is 37.6 Å². The molecule has 0 aromatic carbocycles. The Balaban J connectivity index is 1.73. The van der Waals surface area contributed by atoms with Gasteiger partial charge in [-0.3, -0.25) is 9.59 Å². The zero-order valence-corrected chi connectivity index (χ0v) is 12.9. The number of carbonyl (C=O) groups is 2. The van der Waals surface area contributed by atoms with Gasteiger partial charge in [0.05, 0.1) is 0 Å². The molecule has 3 heterocycles. The Morgan fingerprint density at radius 3 is 2.95 bits per heavy atom. The molecule has 0 unspecified atom stereocenters. The van der Waals surface area contributed by atoms with Gasteiger partial charge in [0.1, 0.15) is 5.69 Å². The number of carbonyl (C=O) groups excluding carboxylic acids is 2. The van der Waals surface area contributed by atoms with Crippen molar-refractivity contribution in [3.05, 3.63) is 36.7 Å². The molecule has 1 aromatic heterocycles. The molecule has 22 heavy (non-hydrogen) atoms. The number of nitrogens with one attached hydrogen (secondary N) is 1. The second-order valence-corrected chi connectivity index (χ2v) is 6.25. The Morgan fingerprint density at radius 2 is 2.23 bits per heavy atom. The third kappa shape index (κ3) is 2.56. The van der Waals surface area contributed by atoms with Gasteiger partial charge in [-0.15, -0.1) is 6.58 Å².